The van der Waals surface area contributed by atoms with Crippen LogP contribution in [-0.2, 0) is 19.1 Å². The van der Waals surface area contributed by atoms with Crippen molar-refractivity contribution in [1.82, 2.24) is 0 Å². The van der Waals surface area contributed by atoms with E-state index in [1.54, 1.807) is 12.1 Å². The summed E-state index contributed by atoms with van der Waals surface area (Å²) in [7, 11) is 28.6. The van der Waals surface area contributed by atoms with Crippen LogP contribution in [0.3, 0.4) is 0 Å². The highest BCUT2D eigenvalue weighted by Crippen LogP contribution is 2.40. The minimum atomic E-state index is -4.23. The van der Waals surface area contributed by atoms with Crippen LogP contribution in [0.5, 0.6) is 0 Å². The van der Waals surface area contributed by atoms with Crippen LogP contribution in [0.4, 0.5) is 0 Å². The summed E-state index contributed by atoms with van der Waals surface area (Å²) in [4.78, 5) is -0.135. The molecule has 0 bridgehead atoms. The summed E-state index contributed by atoms with van der Waals surface area (Å²) in [5.74, 6) is 0. The maximum Gasteiger partial charge on any atom is 0.494 e. The van der Waals surface area contributed by atoms with Gasteiger partial charge in [0, 0.05) is 5.25 Å². The third-order valence-corrected chi connectivity index (χ3v) is 7.32. The van der Waals surface area contributed by atoms with Crippen molar-refractivity contribution in [3.8, 4) is 0 Å². The van der Waals surface area contributed by atoms with Crippen molar-refractivity contribution in [2.24, 2.45) is 0 Å². The Bertz CT molecular complexity index is 765. The molecule has 0 N–H and O–H groups in total. The van der Waals surface area contributed by atoms with Gasteiger partial charge in [-0.1, -0.05) is 12.1 Å². The number of hydrogen-bond acceptors (Lipinski definition) is 4. The van der Waals surface area contributed by atoms with Gasteiger partial charge in [-0.05, 0) is 45.3 Å². The van der Waals surface area contributed by atoms with Crippen molar-refractivity contribution in [3.05, 3.63) is 24.3 Å². The van der Waals surface area contributed by atoms with E-state index in [9.17, 15) is 8.42 Å². The second-order valence-corrected chi connectivity index (χ2v) is 10.1. The van der Waals surface area contributed by atoms with Crippen molar-refractivity contribution in [3.63, 3.8) is 0 Å². The summed E-state index contributed by atoms with van der Waals surface area (Å²) in [6, 6.07) is 5.81. The van der Waals surface area contributed by atoms with Crippen molar-refractivity contribution < 1.29 is 17.7 Å². The first-order valence-corrected chi connectivity index (χ1v) is 9.87. The zero-order valence-electron chi connectivity index (χ0n) is 16.0. The van der Waals surface area contributed by atoms with Crippen LogP contribution in [0.1, 0.15) is 27.7 Å². The monoisotopic (exact) mass is 370 g/mol. The van der Waals surface area contributed by atoms with Crippen LogP contribution in [0.15, 0.2) is 29.2 Å². The first-order valence-electron chi connectivity index (χ1n) is 8.32. The van der Waals surface area contributed by atoms with Gasteiger partial charge in [-0.15, -0.1) is 10.2 Å². The molecule has 1 aliphatic rings. The molecule has 27 heavy (non-hydrogen) atoms. The molecule has 12 radical (unpaired) electrons. The van der Waals surface area contributed by atoms with E-state index in [-0.39, 0.29) is 4.90 Å². The molecule has 0 unspecified atom stereocenters. The van der Waals surface area contributed by atoms with Gasteiger partial charge in [0.2, 0.25) is 0 Å². The average molecular weight is 369 g/mol. The molecule has 0 aliphatic carbocycles. The van der Waals surface area contributed by atoms with Crippen LogP contribution >= 0.6 is 0 Å². The molecule has 0 amide bonds. The molecule has 0 atom stereocenters. The number of benzene rings is 1. The third-order valence-electron chi connectivity index (χ3n) is 4.95. The average Bonchev–Trinajstić information content (AvgIpc) is 2.63. The highest BCUT2D eigenvalue weighted by atomic mass is 32.2. The molecular weight excluding hydrogens is 352 g/mol. The number of rotatable bonds is 5. The van der Waals surface area contributed by atoms with Gasteiger partial charge in [-0.2, -0.15) is 0 Å². The Morgan fingerprint density at radius 2 is 1.22 bits per heavy atom. The minimum Gasteiger partial charge on any atom is -0.399 e. The maximum atomic E-state index is 12.9. The van der Waals surface area contributed by atoms with E-state index in [4.69, 9.17) is 56.4 Å². The fraction of sp³-hybridized carbons (Fsp3) is 0.600. The summed E-state index contributed by atoms with van der Waals surface area (Å²) in [6.45, 7) is 7.68. The molecule has 128 valence electrons. The van der Waals surface area contributed by atoms with Crippen molar-refractivity contribution >= 4 is 69.5 Å². The molecule has 1 fully saturated rings. The molecule has 0 saturated carbocycles. The molecule has 2 rings (SSSR count). The van der Waals surface area contributed by atoms with Crippen LogP contribution in [0.2, 0.25) is 10.2 Å². The predicted molar refractivity (Wildman–Crippen MR) is 113 cm³/mol. The van der Waals surface area contributed by atoms with Gasteiger partial charge in [0.15, 0.2) is 9.84 Å². The van der Waals surface area contributed by atoms with E-state index in [1.807, 2.05) is 27.7 Å². The third kappa shape index (κ3) is 4.43. The highest BCUT2D eigenvalue weighted by Gasteiger charge is 2.51. The van der Waals surface area contributed by atoms with Gasteiger partial charge in [0.25, 0.3) is 0 Å². The molecule has 0 aromatic heterocycles. The molecule has 1 aliphatic heterocycles. The van der Waals surface area contributed by atoms with E-state index in [1.165, 1.54) is 12.1 Å². The van der Waals surface area contributed by atoms with Crippen molar-refractivity contribution in [1.29, 1.82) is 0 Å². The van der Waals surface area contributed by atoms with E-state index < -0.39 is 43.6 Å². The lowest BCUT2D eigenvalue weighted by atomic mass is 9.29. The second kappa shape index (κ2) is 6.81. The predicted octanol–water partition coefficient (Wildman–Crippen LogP) is -0.713. The highest BCUT2D eigenvalue weighted by molar-refractivity contribution is 7.92. The van der Waals surface area contributed by atoms with Crippen molar-refractivity contribution in [2.75, 3.05) is 0 Å². The zero-order chi connectivity index (χ0) is 21.1. The summed E-state index contributed by atoms with van der Waals surface area (Å²) in [5, 5.41) is -6.33. The minimum absolute atomic E-state index is 0.135. The molecule has 4 nitrogen and oxygen atoms in total. The zero-order valence-corrected chi connectivity index (χ0v) is 16.8. The first kappa shape index (κ1) is 22.8. The normalized spacial score (nSPS) is 20.1. The fourth-order valence-corrected chi connectivity index (χ4v) is 4.76. The standard InChI is InChI=1S/C15H17B7O4S/c1-12(2)13(3,4)26-22(25-12)9-5-7-10(8-6-9)27(23,24)11(14(16,17)18)15(19,20)21/h5-8,11H,1-4H3. The quantitative estimate of drug-likeness (QED) is 0.644. The second-order valence-electron chi connectivity index (χ2n) is 8.08. The smallest absolute Gasteiger partial charge is 0.399 e. The van der Waals surface area contributed by atoms with Crippen LogP contribution in [-0.4, -0.2) is 79.1 Å². The lowest BCUT2D eigenvalue weighted by Gasteiger charge is -2.42. The summed E-state index contributed by atoms with van der Waals surface area (Å²) >= 11 is 0. The largest absolute Gasteiger partial charge is 0.494 e. The molecule has 1 aromatic carbocycles. The van der Waals surface area contributed by atoms with Crippen LogP contribution < -0.4 is 5.46 Å². The summed E-state index contributed by atoms with van der Waals surface area (Å²) in [6.07, 6.45) is 0. The molecule has 1 heterocycles. The maximum absolute atomic E-state index is 12.9. The van der Waals surface area contributed by atoms with Gasteiger partial charge in [0.1, 0.15) is 0 Å². The Kier molecular flexibility index (Phi) is 5.76. The lowest BCUT2D eigenvalue weighted by molar-refractivity contribution is 0.00578. The first-order chi connectivity index (χ1) is 11.9. The summed E-state index contributed by atoms with van der Waals surface area (Å²) < 4.78 is 37.7. The molecule has 1 saturated heterocycles. The van der Waals surface area contributed by atoms with E-state index in [0.29, 0.717) is 5.46 Å². The Morgan fingerprint density at radius 1 is 0.852 bits per heavy atom. The fourth-order valence-electron chi connectivity index (χ4n) is 2.90. The van der Waals surface area contributed by atoms with E-state index in [0.717, 1.165) is 0 Å². The topological polar surface area (TPSA) is 52.6 Å². The molecule has 12 heteroatoms. The molecular formula is C15H17B7O4S. The van der Waals surface area contributed by atoms with Gasteiger partial charge in [-0.3, -0.25) is 0 Å². The van der Waals surface area contributed by atoms with E-state index in [2.05, 4.69) is 0 Å². The van der Waals surface area contributed by atoms with Gasteiger partial charge < -0.3 is 9.31 Å². The Labute approximate surface area is 170 Å². The van der Waals surface area contributed by atoms with Gasteiger partial charge in [-0.25, -0.2) is 8.42 Å². The van der Waals surface area contributed by atoms with Crippen molar-refractivity contribution in [2.45, 2.75) is 59.3 Å². The van der Waals surface area contributed by atoms with E-state index >= 15 is 0 Å². The van der Waals surface area contributed by atoms with Gasteiger partial charge >= 0.3 is 7.12 Å². The number of hydrogen-bond donors (Lipinski definition) is 0. The Balaban J connectivity index is 2.37. The summed E-state index contributed by atoms with van der Waals surface area (Å²) in [5.41, 5.74) is -0.406. The number of sulfone groups is 1. The SMILES string of the molecule is [B]C([B])([B])C(C([B])([B])[B])S(=O)(=O)c1ccc(B2OC(C)(C)C(C)(C)O2)cc1. The molecule has 1 aromatic rings. The van der Waals surface area contributed by atoms with Crippen LogP contribution in [0.25, 0.3) is 0 Å². The Morgan fingerprint density at radius 3 is 1.56 bits per heavy atom. The van der Waals surface area contributed by atoms with Gasteiger partial charge in [0.05, 0.1) is 63.2 Å². The Hall–Kier alpha value is -0.455. The van der Waals surface area contributed by atoms with Crippen LogP contribution in [0, 0.1) is 0 Å². The molecule has 0 spiro atoms. The lowest BCUT2D eigenvalue weighted by Crippen LogP contribution is -2.47.